The van der Waals surface area contributed by atoms with Gasteiger partial charge in [0.05, 0.1) is 0 Å². The van der Waals surface area contributed by atoms with E-state index in [0.29, 0.717) is 39.7 Å². The van der Waals surface area contributed by atoms with Crippen molar-refractivity contribution in [2.24, 2.45) is 21.8 Å². The minimum absolute atomic E-state index is 0.0124. The normalized spacial score (nSPS) is 14.7. The van der Waals surface area contributed by atoms with Crippen molar-refractivity contribution in [2.75, 3.05) is 0 Å². The zero-order valence-electron chi connectivity index (χ0n) is 20.1. The molecule has 37 heavy (non-hydrogen) atoms. The Hall–Kier alpha value is -4.73. The Morgan fingerprint density at radius 1 is 0.703 bits per heavy atom. The Morgan fingerprint density at radius 2 is 1.16 bits per heavy atom. The molecular weight excluding hydrogens is 474 g/mol. The van der Waals surface area contributed by atoms with Crippen molar-refractivity contribution in [1.82, 2.24) is 5.32 Å². The molecule has 0 aromatic heterocycles. The summed E-state index contributed by atoms with van der Waals surface area (Å²) < 4.78 is 12.0. The van der Waals surface area contributed by atoms with Crippen molar-refractivity contribution < 1.29 is 24.7 Å². The van der Waals surface area contributed by atoms with Gasteiger partial charge >= 0.3 is 0 Å². The van der Waals surface area contributed by atoms with Crippen LogP contribution in [0, 0.1) is 0 Å². The summed E-state index contributed by atoms with van der Waals surface area (Å²) in [5, 5.41) is 26.8. The van der Waals surface area contributed by atoms with Crippen LogP contribution in [-0.4, -0.2) is 34.0 Å². The average molecular weight is 504 g/mol. The van der Waals surface area contributed by atoms with Gasteiger partial charge in [-0.2, -0.15) is 0 Å². The monoisotopic (exact) mass is 503 g/mol. The third-order valence-electron chi connectivity index (χ3n) is 6.07. The topological polar surface area (TPSA) is 165 Å². The second kappa shape index (κ2) is 11.8. The van der Waals surface area contributed by atoms with Crippen molar-refractivity contribution in [3.63, 3.8) is 0 Å². The number of ether oxygens (including phenoxy) is 2. The van der Waals surface area contributed by atoms with Crippen LogP contribution in [0.1, 0.15) is 53.6 Å². The highest BCUT2D eigenvalue weighted by molar-refractivity contribution is 5.97. The molecule has 0 atom stereocenters. The summed E-state index contributed by atoms with van der Waals surface area (Å²) in [5.74, 6) is 1.56. The number of carbonyl (C=O) groups is 1. The first-order chi connectivity index (χ1) is 17.9. The molecule has 0 unspecified atom stereocenters. The molecule has 0 aliphatic heterocycles. The van der Waals surface area contributed by atoms with E-state index in [4.69, 9.17) is 31.4 Å². The zero-order chi connectivity index (χ0) is 26.2. The fourth-order valence-corrected chi connectivity index (χ4v) is 4.11. The van der Waals surface area contributed by atoms with E-state index in [0.717, 1.165) is 25.7 Å². The molecule has 1 fully saturated rings. The predicted octanol–water partition coefficient (Wildman–Crippen LogP) is 4.52. The van der Waals surface area contributed by atoms with Crippen LogP contribution in [0.5, 0.6) is 23.0 Å². The first-order valence-corrected chi connectivity index (χ1v) is 11.9. The Labute approximate surface area is 214 Å². The molecule has 1 saturated carbocycles. The van der Waals surface area contributed by atoms with Crippen molar-refractivity contribution >= 4 is 17.6 Å². The molecule has 0 radical (unpaired) electrons. The van der Waals surface area contributed by atoms with Crippen LogP contribution in [0.15, 0.2) is 77.0 Å². The Morgan fingerprint density at radius 3 is 1.59 bits per heavy atom. The van der Waals surface area contributed by atoms with Gasteiger partial charge in [-0.25, -0.2) is 0 Å². The number of amidine groups is 2. The molecular formula is C27H29N5O5. The highest BCUT2D eigenvalue weighted by Gasteiger charge is 2.18. The lowest BCUT2D eigenvalue weighted by molar-refractivity contribution is 0.0927. The maximum absolute atomic E-state index is 13.1. The fourth-order valence-electron chi connectivity index (χ4n) is 4.11. The fraction of sp³-hybridized carbons (Fsp3) is 0.222. The predicted molar refractivity (Wildman–Crippen MR) is 139 cm³/mol. The number of nitrogens with zero attached hydrogens (tertiary/aromatic N) is 2. The van der Waals surface area contributed by atoms with E-state index in [9.17, 15) is 4.79 Å². The molecule has 1 aliphatic rings. The molecule has 10 nitrogen and oxygen atoms in total. The van der Waals surface area contributed by atoms with Gasteiger partial charge in [0.2, 0.25) is 0 Å². The molecule has 0 saturated heterocycles. The summed E-state index contributed by atoms with van der Waals surface area (Å²) in [5.41, 5.74) is 12.7. The van der Waals surface area contributed by atoms with E-state index in [2.05, 4.69) is 15.6 Å². The van der Waals surface area contributed by atoms with Gasteiger partial charge in [0, 0.05) is 28.8 Å². The molecule has 0 bridgehead atoms. The number of oxime groups is 2. The molecule has 1 amide bonds. The minimum Gasteiger partial charge on any atom is -0.457 e. The van der Waals surface area contributed by atoms with Gasteiger partial charge in [0.1, 0.15) is 23.0 Å². The Bertz CT molecular complexity index is 1200. The number of amides is 1. The number of nitrogens with one attached hydrogen (secondary N) is 1. The largest absolute Gasteiger partial charge is 0.457 e. The smallest absolute Gasteiger partial charge is 0.251 e. The second-order valence-electron chi connectivity index (χ2n) is 8.72. The van der Waals surface area contributed by atoms with E-state index in [1.807, 2.05) is 0 Å². The highest BCUT2D eigenvalue weighted by Crippen LogP contribution is 2.31. The summed E-state index contributed by atoms with van der Waals surface area (Å²) in [6.07, 6.45) is 5.32. The van der Waals surface area contributed by atoms with Crippen LogP contribution in [0.2, 0.25) is 0 Å². The van der Waals surface area contributed by atoms with Crippen LogP contribution in [0.25, 0.3) is 0 Å². The molecule has 4 rings (SSSR count). The lowest BCUT2D eigenvalue weighted by atomic mass is 9.95. The third-order valence-corrected chi connectivity index (χ3v) is 6.07. The number of hydrogen-bond acceptors (Lipinski definition) is 7. The van der Waals surface area contributed by atoms with E-state index >= 15 is 0 Å². The average Bonchev–Trinajstić information content (AvgIpc) is 2.93. The van der Waals surface area contributed by atoms with E-state index < -0.39 is 0 Å². The van der Waals surface area contributed by atoms with Crippen molar-refractivity contribution in [3.05, 3.63) is 83.4 Å². The summed E-state index contributed by atoms with van der Waals surface area (Å²) >= 11 is 0. The first-order valence-electron chi connectivity index (χ1n) is 11.9. The molecule has 1 aliphatic carbocycles. The van der Waals surface area contributed by atoms with Gasteiger partial charge in [0.15, 0.2) is 11.7 Å². The SMILES string of the molecule is N/C(=N\O)c1ccc(Oc2cc(Oc3ccc(/C(N)=N/O)cc3)cc(C(=O)NC3CCCCC3)c2)cc1. The molecule has 0 spiro atoms. The van der Waals surface area contributed by atoms with E-state index in [1.165, 1.54) is 6.42 Å². The minimum atomic E-state index is -0.202. The quantitative estimate of drug-likeness (QED) is 0.130. The molecule has 7 N–H and O–H groups in total. The van der Waals surface area contributed by atoms with Crippen molar-refractivity contribution in [1.29, 1.82) is 0 Å². The number of hydrogen-bond donors (Lipinski definition) is 5. The van der Waals surface area contributed by atoms with Crippen LogP contribution >= 0.6 is 0 Å². The third kappa shape index (κ3) is 6.69. The zero-order valence-corrected chi connectivity index (χ0v) is 20.1. The number of benzene rings is 3. The molecule has 3 aromatic carbocycles. The van der Waals surface area contributed by atoms with Crippen LogP contribution in [-0.2, 0) is 0 Å². The number of nitrogens with two attached hydrogens (primary N) is 2. The van der Waals surface area contributed by atoms with Crippen LogP contribution in [0.4, 0.5) is 0 Å². The number of rotatable bonds is 8. The maximum Gasteiger partial charge on any atom is 0.251 e. The summed E-state index contributed by atoms with van der Waals surface area (Å²) in [6.45, 7) is 0. The summed E-state index contributed by atoms with van der Waals surface area (Å²) in [4.78, 5) is 13.1. The first kappa shape index (κ1) is 25.4. The van der Waals surface area contributed by atoms with Gasteiger partial charge in [-0.05, 0) is 73.5 Å². The second-order valence-corrected chi connectivity index (χ2v) is 8.72. The lowest BCUT2D eigenvalue weighted by Gasteiger charge is -2.23. The van der Waals surface area contributed by atoms with Crippen molar-refractivity contribution in [3.8, 4) is 23.0 Å². The summed E-state index contributed by atoms with van der Waals surface area (Å²) in [6, 6.07) is 18.5. The van der Waals surface area contributed by atoms with Crippen LogP contribution < -0.4 is 26.3 Å². The summed E-state index contributed by atoms with van der Waals surface area (Å²) in [7, 11) is 0. The van der Waals surface area contributed by atoms with Gasteiger partial charge in [-0.15, -0.1) is 0 Å². The molecule has 10 heteroatoms. The molecule has 192 valence electrons. The lowest BCUT2D eigenvalue weighted by Crippen LogP contribution is -2.36. The standard InChI is InChI=1S/C27H29N5O5/c28-25(31-34)17-6-10-21(11-7-17)36-23-14-19(27(33)30-20-4-2-1-3-5-20)15-24(16-23)37-22-12-8-18(9-13-22)26(29)32-35/h6-16,20,34-35H,1-5H2,(H2,28,31)(H2,29,32)(H,30,33). The van der Waals surface area contributed by atoms with Gasteiger partial charge in [0.25, 0.3) is 5.91 Å². The molecule has 3 aromatic rings. The van der Waals surface area contributed by atoms with Gasteiger partial charge in [-0.1, -0.05) is 29.6 Å². The molecule has 0 heterocycles. The Balaban J connectivity index is 1.59. The Kier molecular flexibility index (Phi) is 8.09. The van der Waals surface area contributed by atoms with Gasteiger partial charge < -0.3 is 36.7 Å². The van der Waals surface area contributed by atoms with Crippen LogP contribution in [0.3, 0.4) is 0 Å². The highest BCUT2D eigenvalue weighted by atomic mass is 16.5. The van der Waals surface area contributed by atoms with Gasteiger partial charge in [-0.3, -0.25) is 4.79 Å². The number of carbonyl (C=O) groups excluding carboxylic acids is 1. The van der Waals surface area contributed by atoms with Crippen molar-refractivity contribution in [2.45, 2.75) is 38.1 Å². The van der Waals surface area contributed by atoms with E-state index in [-0.39, 0.29) is 23.6 Å². The van der Waals surface area contributed by atoms with E-state index in [1.54, 1.807) is 66.7 Å². The maximum atomic E-state index is 13.1.